The molecule has 1 N–H and O–H groups in total. The van der Waals surface area contributed by atoms with Crippen molar-refractivity contribution < 1.29 is 0 Å². The predicted octanol–water partition coefficient (Wildman–Crippen LogP) is 6.34. The van der Waals surface area contributed by atoms with E-state index in [4.69, 9.17) is 5.41 Å². The molecule has 0 bridgehead atoms. The first-order valence-electron chi connectivity index (χ1n) is 9.15. The van der Waals surface area contributed by atoms with Gasteiger partial charge in [0.2, 0.25) is 0 Å². The molecule has 0 radical (unpaired) electrons. The summed E-state index contributed by atoms with van der Waals surface area (Å²) < 4.78 is 0. The minimum Gasteiger partial charge on any atom is -0.308 e. The van der Waals surface area contributed by atoms with Gasteiger partial charge in [0.15, 0.2) is 0 Å². The largest absolute Gasteiger partial charge is 0.308 e. The number of rotatable bonds is 5. The first-order valence-corrected chi connectivity index (χ1v) is 9.15. The van der Waals surface area contributed by atoms with Crippen LogP contribution in [0.25, 0.3) is 16.8 Å². The molecule has 0 fully saturated rings. The van der Waals surface area contributed by atoms with Crippen LogP contribution in [0, 0.1) is 5.41 Å². The Balaban J connectivity index is 1.95. The molecule has 0 spiro atoms. The fourth-order valence-corrected chi connectivity index (χ4v) is 4.03. The molecule has 124 valence electrons. The molecule has 1 heteroatoms. The van der Waals surface area contributed by atoms with Crippen molar-refractivity contribution in [2.24, 2.45) is 0 Å². The number of aryl methyl sites for hydroxylation is 1. The van der Waals surface area contributed by atoms with Crippen molar-refractivity contribution in [3.8, 4) is 0 Å². The van der Waals surface area contributed by atoms with E-state index in [1.165, 1.54) is 39.4 Å². The zero-order valence-corrected chi connectivity index (χ0v) is 14.6. The van der Waals surface area contributed by atoms with E-state index in [2.05, 4.69) is 73.7 Å². The summed E-state index contributed by atoms with van der Waals surface area (Å²) >= 11 is 0. The van der Waals surface area contributed by atoms with Gasteiger partial charge in [-0.3, -0.25) is 0 Å². The summed E-state index contributed by atoms with van der Waals surface area (Å²) in [6.45, 7) is 2.23. The van der Waals surface area contributed by atoms with Crippen molar-refractivity contribution in [2.45, 2.75) is 32.1 Å². The second-order valence-corrected chi connectivity index (χ2v) is 6.79. The molecule has 0 saturated carbocycles. The Hall–Kier alpha value is -2.67. The van der Waals surface area contributed by atoms with Gasteiger partial charge in [-0.2, -0.15) is 0 Å². The maximum atomic E-state index is 8.14. The lowest BCUT2D eigenvalue weighted by atomic mass is 9.84. The summed E-state index contributed by atoms with van der Waals surface area (Å²) in [5, 5.41) is 10.7. The van der Waals surface area contributed by atoms with E-state index in [1.54, 1.807) is 6.21 Å². The highest BCUT2D eigenvalue weighted by molar-refractivity contribution is 5.96. The van der Waals surface area contributed by atoms with Crippen LogP contribution in [0.2, 0.25) is 0 Å². The van der Waals surface area contributed by atoms with Crippen LogP contribution in [0.3, 0.4) is 0 Å². The molecule has 3 aromatic carbocycles. The fraction of sp³-hybridized carbons (Fsp3) is 0.208. The lowest BCUT2D eigenvalue weighted by Crippen LogP contribution is -2.05. The third kappa shape index (κ3) is 2.70. The molecule has 1 unspecified atom stereocenters. The average Bonchev–Trinajstić information content (AvgIpc) is 3.09. The quantitative estimate of drug-likeness (QED) is 0.529. The van der Waals surface area contributed by atoms with Gasteiger partial charge in [-0.05, 0) is 57.5 Å². The molecular weight excluding hydrogens is 302 g/mol. The third-order valence-corrected chi connectivity index (χ3v) is 5.29. The van der Waals surface area contributed by atoms with Gasteiger partial charge < -0.3 is 5.41 Å². The highest BCUT2D eigenvalue weighted by Gasteiger charge is 2.23. The van der Waals surface area contributed by atoms with Gasteiger partial charge >= 0.3 is 0 Å². The van der Waals surface area contributed by atoms with Gasteiger partial charge in [0.25, 0.3) is 0 Å². The number of fused-ring (bicyclic) bond motifs is 2. The maximum Gasteiger partial charge on any atom is 0.0285 e. The number of nitrogens with one attached hydrogen (secondary N) is 1. The molecule has 25 heavy (non-hydrogen) atoms. The van der Waals surface area contributed by atoms with Crippen LogP contribution in [0.1, 0.15) is 53.5 Å². The lowest BCUT2D eigenvalue weighted by Gasteiger charge is -2.20. The molecule has 1 atom stereocenters. The van der Waals surface area contributed by atoms with Crippen LogP contribution in [-0.4, -0.2) is 6.21 Å². The number of hydrogen-bond donors (Lipinski definition) is 1. The van der Waals surface area contributed by atoms with Crippen LogP contribution < -0.4 is 0 Å². The predicted molar refractivity (Wildman–Crippen MR) is 108 cm³/mol. The van der Waals surface area contributed by atoms with E-state index >= 15 is 0 Å². The number of benzene rings is 3. The smallest absolute Gasteiger partial charge is 0.0285 e. The maximum absolute atomic E-state index is 8.14. The van der Waals surface area contributed by atoms with E-state index in [1.807, 2.05) is 0 Å². The second kappa shape index (κ2) is 6.68. The Morgan fingerprint density at radius 1 is 1.00 bits per heavy atom. The van der Waals surface area contributed by atoms with E-state index in [0.717, 1.165) is 18.4 Å². The van der Waals surface area contributed by atoms with Crippen LogP contribution in [0.15, 0.2) is 60.7 Å². The third-order valence-electron chi connectivity index (χ3n) is 5.29. The van der Waals surface area contributed by atoms with Crippen molar-refractivity contribution in [1.29, 1.82) is 5.41 Å². The molecule has 0 aromatic heterocycles. The van der Waals surface area contributed by atoms with Gasteiger partial charge in [-0.25, -0.2) is 0 Å². The number of unbranched alkanes of at least 4 members (excludes halogenated alkanes) is 1. The Morgan fingerprint density at radius 2 is 1.80 bits per heavy atom. The summed E-state index contributed by atoms with van der Waals surface area (Å²) in [5.41, 5.74) is 6.36. The molecule has 1 aliphatic carbocycles. The van der Waals surface area contributed by atoms with E-state index in [9.17, 15) is 0 Å². The van der Waals surface area contributed by atoms with E-state index in [0.29, 0.717) is 0 Å². The Bertz CT molecular complexity index is 965. The van der Waals surface area contributed by atoms with E-state index in [-0.39, 0.29) is 5.92 Å². The number of allylic oxidation sites excluding steroid dienone is 1. The first-order chi connectivity index (χ1) is 12.3. The van der Waals surface area contributed by atoms with Crippen LogP contribution in [-0.2, 0) is 6.42 Å². The minimum absolute atomic E-state index is 0.248. The Labute approximate surface area is 149 Å². The molecule has 4 rings (SSSR count). The highest BCUT2D eigenvalue weighted by Crippen LogP contribution is 2.39. The molecule has 0 aliphatic heterocycles. The SMILES string of the molecule is CCCCc1c(C=N)c(C2C=Cc3ccccc32)cc2ccccc12. The normalized spacial score (nSPS) is 15.5. The van der Waals surface area contributed by atoms with Crippen molar-refractivity contribution in [3.05, 3.63) is 88.5 Å². The molecule has 0 amide bonds. The van der Waals surface area contributed by atoms with Crippen molar-refractivity contribution >= 4 is 23.1 Å². The second-order valence-electron chi connectivity index (χ2n) is 6.79. The zero-order valence-electron chi connectivity index (χ0n) is 14.6. The van der Waals surface area contributed by atoms with Gasteiger partial charge in [0.1, 0.15) is 0 Å². The Morgan fingerprint density at radius 3 is 2.64 bits per heavy atom. The van der Waals surface area contributed by atoms with Crippen LogP contribution in [0.5, 0.6) is 0 Å². The summed E-state index contributed by atoms with van der Waals surface area (Å²) in [5.74, 6) is 0.248. The van der Waals surface area contributed by atoms with Crippen molar-refractivity contribution in [1.82, 2.24) is 0 Å². The molecule has 1 nitrogen and oxygen atoms in total. The van der Waals surface area contributed by atoms with Gasteiger partial charge in [-0.15, -0.1) is 0 Å². The van der Waals surface area contributed by atoms with Gasteiger partial charge in [0, 0.05) is 12.1 Å². The monoisotopic (exact) mass is 325 g/mol. The van der Waals surface area contributed by atoms with Crippen molar-refractivity contribution in [3.63, 3.8) is 0 Å². The highest BCUT2D eigenvalue weighted by atomic mass is 14.4. The first kappa shape index (κ1) is 15.8. The average molecular weight is 325 g/mol. The molecule has 3 aromatic rings. The summed E-state index contributed by atoms with van der Waals surface area (Å²) in [4.78, 5) is 0. The van der Waals surface area contributed by atoms with Crippen LogP contribution >= 0.6 is 0 Å². The fourth-order valence-electron chi connectivity index (χ4n) is 4.03. The zero-order chi connectivity index (χ0) is 17.2. The van der Waals surface area contributed by atoms with Gasteiger partial charge in [0.05, 0.1) is 0 Å². The summed E-state index contributed by atoms with van der Waals surface area (Å²) in [7, 11) is 0. The summed E-state index contributed by atoms with van der Waals surface area (Å²) in [6, 6.07) is 19.5. The Kier molecular flexibility index (Phi) is 4.23. The van der Waals surface area contributed by atoms with Gasteiger partial charge in [-0.1, -0.05) is 74.0 Å². The van der Waals surface area contributed by atoms with Crippen molar-refractivity contribution in [2.75, 3.05) is 0 Å². The van der Waals surface area contributed by atoms with Crippen LogP contribution in [0.4, 0.5) is 0 Å². The minimum atomic E-state index is 0.248. The molecular formula is C24H23N. The summed E-state index contributed by atoms with van der Waals surface area (Å²) in [6.07, 6.45) is 9.43. The molecule has 0 saturated heterocycles. The number of hydrogen-bond acceptors (Lipinski definition) is 1. The lowest BCUT2D eigenvalue weighted by molar-refractivity contribution is 0.796. The molecule has 0 heterocycles. The molecule has 1 aliphatic rings. The topological polar surface area (TPSA) is 23.9 Å². The van der Waals surface area contributed by atoms with E-state index < -0.39 is 0 Å². The standard InChI is InChI=1S/C24H23N/c1-2-3-10-21-20-12-7-5-9-18(20)15-23(24(21)16-25)22-14-13-17-8-4-6-11-19(17)22/h4-9,11-16,22,25H,2-3,10H2,1H3.